The van der Waals surface area contributed by atoms with Crippen molar-refractivity contribution in [2.24, 2.45) is 0 Å². The van der Waals surface area contributed by atoms with Gasteiger partial charge in [0.25, 0.3) is 5.91 Å². The van der Waals surface area contributed by atoms with Crippen LogP contribution in [0.5, 0.6) is 5.75 Å². The van der Waals surface area contributed by atoms with E-state index in [0.29, 0.717) is 43.5 Å². The lowest BCUT2D eigenvalue weighted by molar-refractivity contribution is -0.121. The summed E-state index contributed by atoms with van der Waals surface area (Å²) in [5.41, 5.74) is 7.04. The largest absolute Gasteiger partial charge is 0.482 e. The summed E-state index contributed by atoms with van der Waals surface area (Å²) in [6.07, 6.45) is 0. The molecule has 1 aromatic rings. The van der Waals surface area contributed by atoms with Crippen LogP contribution in [0.4, 0.5) is 11.4 Å². The number of carbonyl (C=O) groups is 1. The molecule has 0 bridgehead atoms. The third-order valence-electron chi connectivity index (χ3n) is 2.82. The molecule has 104 valence electrons. The fourth-order valence-electron chi connectivity index (χ4n) is 1.86. The Hall–Kier alpha value is -1.79. The van der Waals surface area contributed by atoms with E-state index in [2.05, 4.69) is 0 Å². The highest BCUT2D eigenvalue weighted by molar-refractivity contribution is 5.98. The van der Waals surface area contributed by atoms with Gasteiger partial charge in [-0.3, -0.25) is 4.79 Å². The predicted octanol–water partition coefficient (Wildman–Crippen LogP) is 0.657. The molecule has 19 heavy (non-hydrogen) atoms. The number of ether oxygens (including phenoxy) is 3. The second-order valence-electron chi connectivity index (χ2n) is 4.17. The summed E-state index contributed by atoms with van der Waals surface area (Å²) in [7, 11) is 1.62. The standard InChI is InChI=1S/C13H18N2O4/c1-17-6-7-18-5-4-15-11-8-10(14)2-3-12(11)19-9-13(15)16/h2-3,8H,4-7,9,14H2,1H3. The zero-order chi connectivity index (χ0) is 13.7. The molecule has 0 aromatic heterocycles. The maximum absolute atomic E-state index is 11.9. The Morgan fingerprint density at radius 1 is 1.37 bits per heavy atom. The van der Waals surface area contributed by atoms with E-state index in [4.69, 9.17) is 19.9 Å². The number of nitrogens with zero attached hydrogens (tertiary/aromatic N) is 1. The van der Waals surface area contributed by atoms with Gasteiger partial charge >= 0.3 is 0 Å². The molecule has 0 saturated heterocycles. The first-order chi connectivity index (χ1) is 9.22. The van der Waals surface area contributed by atoms with Gasteiger partial charge in [-0.05, 0) is 18.2 Å². The van der Waals surface area contributed by atoms with Crippen LogP contribution in [0.1, 0.15) is 0 Å². The van der Waals surface area contributed by atoms with Crippen LogP contribution in [0.3, 0.4) is 0 Å². The van der Waals surface area contributed by atoms with Crippen LogP contribution in [0.2, 0.25) is 0 Å². The van der Waals surface area contributed by atoms with E-state index in [0.717, 1.165) is 0 Å². The molecule has 1 heterocycles. The van der Waals surface area contributed by atoms with Crippen molar-refractivity contribution in [1.29, 1.82) is 0 Å². The number of amides is 1. The van der Waals surface area contributed by atoms with E-state index in [1.807, 2.05) is 0 Å². The number of nitrogen functional groups attached to an aromatic ring is 1. The molecule has 0 spiro atoms. The Morgan fingerprint density at radius 3 is 3.00 bits per heavy atom. The van der Waals surface area contributed by atoms with E-state index >= 15 is 0 Å². The first kappa shape index (κ1) is 13.6. The van der Waals surface area contributed by atoms with Crippen LogP contribution in [-0.2, 0) is 14.3 Å². The molecule has 0 atom stereocenters. The molecule has 0 saturated carbocycles. The summed E-state index contributed by atoms with van der Waals surface area (Å²) in [4.78, 5) is 13.5. The first-order valence-corrected chi connectivity index (χ1v) is 6.11. The summed E-state index contributed by atoms with van der Waals surface area (Å²) >= 11 is 0. The highest BCUT2D eigenvalue weighted by atomic mass is 16.5. The van der Waals surface area contributed by atoms with E-state index in [9.17, 15) is 4.79 Å². The summed E-state index contributed by atoms with van der Waals surface area (Å²) in [5, 5.41) is 0. The van der Waals surface area contributed by atoms with Gasteiger partial charge in [0, 0.05) is 19.3 Å². The predicted molar refractivity (Wildman–Crippen MR) is 71.4 cm³/mol. The van der Waals surface area contributed by atoms with Crippen LogP contribution in [0.15, 0.2) is 18.2 Å². The highest BCUT2D eigenvalue weighted by Crippen LogP contribution is 2.33. The maximum Gasteiger partial charge on any atom is 0.265 e. The topological polar surface area (TPSA) is 74.0 Å². The Morgan fingerprint density at radius 2 is 2.21 bits per heavy atom. The molecule has 1 amide bonds. The quantitative estimate of drug-likeness (QED) is 0.604. The third kappa shape index (κ3) is 3.36. The van der Waals surface area contributed by atoms with Crippen molar-refractivity contribution in [2.75, 3.05) is 50.7 Å². The summed E-state index contributed by atoms with van der Waals surface area (Å²) in [5.74, 6) is 0.583. The molecule has 0 unspecified atom stereocenters. The zero-order valence-corrected chi connectivity index (χ0v) is 10.9. The Balaban J connectivity index is 1.99. The minimum atomic E-state index is -0.0894. The molecule has 2 rings (SSSR count). The van der Waals surface area contributed by atoms with E-state index < -0.39 is 0 Å². The molecule has 0 aliphatic carbocycles. The van der Waals surface area contributed by atoms with Gasteiger partial charge in [0.1, 0.15) is 5.75 Å². The van der Waals surface area contributed by atoms with Crippen molar-refractivity contribution in [2.45, 2.75) is 0 Å². The Bertz CT molecular complexity index is 450. The number of benzene rings is 1. The zero-order valence-electron chi connectivity index (χ0n) is 10.9. The van der Waals surface area contributed by atoms with Crippen LogP contribution < -0.4 is 15.4 Å². The Kier molecular flexibility index (Phi) is 4.59. The molecule has 1 aliphatic heterocycles. The lowest BCUT2D eigenvalue weighted by Gasteiger charge is -2.29. The molecule has 2 N–H and O–H groups in total. The van der Waals surface area contributed by atoms with Crippen molar-refractivity contribution in [1.82, 2.24) is 0 Å². The summed E-state index contributed by atoms with van der Waals surface area (Å²) < 4.78 is 15.6. The minimum Gasteiger partial charge on any atom is -0.482 e. The van der Waals surface area contributed by atoms with Crippen molar-refractivity contribution in [3.8, 4) is 5.75 Å². The van der Waals surface area contributed by atoms with E-state index in [1.54, 1.807) is 30.2 Å². The summed E-state index contributed by atoms with van der Waals surface area (Å²) in [6, 6.07) is 5.26. The highest BCUT2D eigenvalue weighted by Gasteiger charge is 2.25. The normalized spacial score (nSPS) is 14.2. The average Bonchev–Trinajstić information content (AvgIpc) is 2.40. The van der Waals surface area contributed by atoms with Crippen molar-refractivity contribution in [3.05, 3.63) is 18.2 Å². The fraction of sp³-hybridized carbons (Fsp3) is 0.462. The SMILES string of the molecule is COCCOCCN1C(=O)COc2ccc(N)cc21. The maximum atomic E-state index is 11.9. The number of anilines is 2. The molecule has 0 radical (unpaired) electrons. The van der Waals surface area contributed by atoms with E-state index in [-0.39, 0.29) is 12.5 Å². The van der Waals surface area contributed by atoms with Crippen LogP contribution in [-0.4, -0.2) is 46.0 Å². The van der Waals surface area contributed by atoms with Crippen LogP contribution in [0.25, 0.3) is 0 Å². The monoisotopic (exact) mass is 266 g/mol. The second kappa shape index (κ2) is 6.40. The lowest BCUT2D eigenvalue weighted by atomic mass is 10.2. The van der Waals surface area contributed by atoms with Gasteiger partial charge < -0.3 is 24.8 Å². The van der Waals surface area contributed by atoms with Gasteiger partial charge in [0.15, 0.2) is 6.61 Å². The van der Waals surface area contributed by atoms with Gasteiger partial charge in [-0.1, -0.05) is 0 Å². The van der Waals surface area contributed by atoms with Crippen molar-refractivity contribution >= 4 is 17.3 Å². The van der Waals surface area contributed by atoms with Gasteiger partial charge in [-0.2, -0.15) is 0 Å². The first-order valence-electron chi connectivity index (χ1n) is 6.11. The lowest BCUT2D eigenvalue weighted by Crippen LogP contribution is -2.40. The number of methoxy groups -OCH3 is 1. The smallest absolute Gasteiger partial charge is 0.265 e. The van der Waals surface area contributed by atoms with Gasteiger partial charge in [0.05, 0.1) is 25.5 Å². The van der Waals surface area contributed by atoms with Crippen LogP contribution in [0, 0.1) is 0 Å². The number of fused-ring (bicyclic) bond motifs is 1. The fourth-order valence-corrected chi connectivity index (χ4v) is 1.86. The van der Waals surface area contributed by atoms with Gasteiger partial charge in [-0.25, -0.2) is 0 Å². The third-order valence-corrected chi connectivity index (χ3v) is 2.82. The molecule has 0 fully saturated rings. The number of hydrogen-bond donors (Lipinski definition) is 1. The molecular weight excluding hydrogens is 248 g/mol. The minimum absolute atomic E-state index is 0.0506. The molecular formula is C13H18N2O4. The number of hydrogen-bond acceptors (Lipinski definition) is 5. The van der Waals surface area contributed by atoms with E-state index in [1.165, 1.54) is 0 Å². The average molecular weight is 266 g/mol. The number of nitrogens with two attached hydrogens (primary N) is 1. The molecule has 1 aliphatic rings. The van der Waals surface area contributed by atoms with Crippen molar-refractivity contribution in [3.63, 3.8) is 0 Å². The number of rotatable bonds is 6. The van der Waals surface area contributed by atoms with Crippen LogP contribution >= 0.6 is 0 Å². The molecule has 1 aromatic carbocycles. The van der Waals surface area contributed by atoms with Crippen molar-refractivity contribution < 1.29 is 19.0 Å². The second-order valence-corrected chi connectivity index (χ2v) is 4.17. The number of carbonyl (C=O) groups excluding carboxylic acids is 1. The van der Waals surface area contributed by atoms with Gasteiger partial charge in [-0.15, -0.1) is 0 Å². The Labute approximate surface area is 112 Å². The van der Waals surface area contributed by atoms with Gasteiger partial charge in [0.2, 0.25) is 0 Å². The molecule has 6 heteroatoms. The summed E-state index contributed by atoms with van der Waals surface area (Å²) in [6.45, 7) is 2.03. The molecule has 6 nitrogen and oxygen atoms in total.